The first kappa shape index (κ1) is 23.5. The first-order valence-corrected chi connectivity index (χ1v) is 9.94. The first-order chi connectivity index (χ1) is 15.8. The van der Waals surface area contributed by atoms with Crippen molar-refractivity contribution in [3.05, 3.63) is 78.4 Å². The van der Waals surface area contributed by atoms with Crippen LogP contribution in [0, 0.1) is 0 Å². The number of methoxy groups -OCH3 is 1. The number of ether oxygens (including phenoxy) is 2. The van der Waals surface area contributed by atoms with Gasteiger partial charge in [0.15, 0.2) is 0 Å². The second kappa shape index (κ2) is 10.9. The Kier molecular flexibility index (Phi) is 7.75. The van der Waals surface area contributed by atoms with E-state index in [9.17, 15) is 18.4 Å². The highest BCUT2D eigenvalue weighted by molar-refractivity contribution is 6.02. The quantitative estimate of drug-likeness (QED) is 0.438. The van der Waals surface area contributed by atoms with Crippen molar-refractivity contribution in [2.24, 2.45) is 0 Å². The van der Waals surface area contributed by atoms with Gasteiger partial charge in [0, 0.05) is 29.9 Å². The van der Waals surface area contributed by atoms with Crippen LogP contribution in [0.5, 0.6) is 11.5 Å². The van der Waals surface area contributed by atoms with Crippen LogP contribution in [0.25, 0.3) is 17.2 Å². The van der Waals surface area contributed by atoms with E-state index in [-0.39, 0.29) is 11.7 Å². The third-order valence-electron chi connectivity index (χ3n) is 4.52. The SMILES string of the molecule is COc1ccc(-c2cc(NC(=O)C=Cc3ccc(NC(C)=O)cc3)ccc2OC(F)F)cc1. The lowest BCUT2D eigenvalue weighted by atomic mass is 10.0. The number of anilines is 2. The number of carbonyl (C=O) groups excluding carboxylic acids is 2. The Bertz CT molecular complexity index is 1140. The Morgan fingerprint density at radius 1 is 0.909 bits per heavy atom. The molecule has 0 fully saturated rings. The maximum absolute atomic E-state index is 12.9. The van der Waals surface area contributed by atoms with E-state index in [4.69, 9.17) is 4.74 Å². The van der Waals surface area contributed by atoms with Crippen LogP contribution in [-0.4, -0.2) is 25.5 Å². The molecule has 3 rings (SSSR count). The summed E-state index contributed by atoms with van der Waals surface area (Å²) in [6.07, 6.45) is 2.97. The van der Waals surface area contributed by atoms with Gasteiger partial charge in [-0.3, -0.25) is 9.59 Å². The van der Waals surface area contributed by atoms with Crippen LogP contribution in [0.1, 0.15) is 12.5 Å². The molecule has 2 N–H and O–H groups in total. The largest absolute Gasteiger partial charge is 0.497 e. The van der Waals surface area contributed by atoms with Crippen LogP contribution in [0.15, 0.2) is 72.8 Å². The molecule has 0 aromatic heterocycles. The van der Waals surface area contributed by atoms with Gasteiger partial charge in [-0.25, -0.2) is 0 Å². The highest BCUT2D eigenvalue weighted by Crippen LogP contribution is 2.34. The molecule has 0 saturated heterocycles. The van der Waals surface area contributed by atoms with E-state index in [1.165, 1.54) is 32.2 Å². The number of hydrogen-bond acceptors (Lipinski definition) is 4. The van der Waals surface area contributed by atoms with Crippen molar-refractivity contribution in [3.63, 3.8) is 0 Å². The van der Waals surface area contributed by atoms with Crippen molar-refractivity contribution < 1.29 is 27.8 Å². The molecule has 0 heterocycles. The summed E-state index contributed by atoms with van der Waals surface area (Å²) in [5.41, 5.74) is 2.85. The van der Waals surface area contributed by atoms with Gasteiger partial charge in [0.2, 0.25) is 11.8 Å². The van der Waals surface area contributed by atoms with Crippen LogP contribution in [0.2, 0.25) is 0 Å². The highest BCUT2D eigenvalue weighted by atomic mass is 19.3. The first-order valence-electron chi connectivity index (χ1n) is 9.94. The van der Waals surface area contributed by atoms with Gasteiger partial charge in [-0.2, -0.15) is 8.78 Å². The predicted octanol–water partition coefficient (Wildman–Crippen LogP) is 5.57. The van der Waals surface area contributed by atoms with E-state index in [1.54, 1.807) is 60.7 Å². The molecule has 2 amide bonds. The summed E-state index contributed by atoms with van der Waals surface area (Å²) in [5.74, 6) is 0.0403. The average molecular weight is 452 g/mol. The minimum Gasteiger partial charge on any atom is -0.497 e. The molecule has 0 aliphatic carbocycles. The topological polar surface area (TPSA) is 76.7 Å². The number of amides is 2. The van der Waals surface area contributed by atoms with Crippen molar-refractivity contribution in [1.29, 1.82) is 0 Å². The van der Waals surface area contributed by atoms with Gasteiger partial charge in [0.1, 0.15) is 11.5 Å². The summed E-state index contributed by atoms with van der Waals surface area (Å²) in [5, 5.41) is 5.38. The summed E-state index contributed by atoms with van der Waals surface area (Å²) in [4.78, 5) is 23.4. The minimum absolute atomic E-state index is 0.0111. The average Bonchev–Trinajstić information content (AvgIpc) is 2.79. The smallest absolute Gasteiger partial charge is 0.387 e. The molecule has 0 radical (unpaired) electrons. The Morgan fingerprint density at radius 3 is 2.18 bits per heavy atom. The zero-order valence-electron chi connectivity index (χ0n) is 18.0. The molecule has 170 valence electrons. The van der Waals surface area contributed by atoms with E-state index in [0.717, 1.165) is 5.56 Å². The van der Waals surface area contributed by atoms with Crippen molar-refractivity contribution in [2.75, 3.05) is 17.7 Å². The summed E-state index contributed by atoms with van der Waals surface area (Å²) in [6, 6.07) is 18.2. The summed E-state index contributed by atoms with van der Waals surface area (Å²) in [7, 11) is 1.53. The van der Waals surface area contributed by atoms with Gasteiger partial charge in [-0.1, -0.05) is 24.3 Å². The number of hydrogen-bond donors (Lipinski definition) is 2. The molecular weight excluding hydrogens is 430 g/mol. The number of benzene rings is 3. The maximum atomic E-state index is 12.9. The van der Waals surface area contributed by atoms with Gasteiger partial charge < -0.3 is 20.1 Å². The number of rotatable bonds is 8. The van der Waals surface area contributed by atoms with Crippen molar-refractivity contribution in [1.82, 2.24) is 0 Å². The van der Waals surface area contributed by atoms with Crippen molar-refractivity contribution in [2.45, 2.75) is 13.5 Å². The van der Waals surface area contributed by atoms with E-state index < -0.39 is 12.5 Å². The van der Waals surface area contributed by atoms with Crippen molar-refractivity contribution >= 4 is 29.3 Å². The minimum atomic E-state index is -2.98. The molecule has 8 heteroatoms. The fourth-order valence-corrected chi connectivity index (χ4v) is 3.04. The lowest BCUT2D eigenvalue weighted by Gasteiger charge is -2.13. The Hall–Kier alpha value is -4.20. The van der Waals surface area contributed by atoms with Crippen LogP contribution < -0.4 is 20.1 Å². The van der Waals surface area contributed by atoms with Gasteiger partial charge in [0.25, 0.3) is 0 Å². The van der Waals surface area contributed by atoms with Crippen LogP contribution in [0.4, 0.5) is 20.2 Å². The molecule has 0 unspecified atom stereocenters. The van der Waals surface area contributed by atoms with Gasteiger partial charge >= 0.3 is 6.61 Å². The zero-order valence-corrected chi connectivity index (χ0v) is 18.0. The number of carbonyl (C=O) groups is 2. The molecule has 0 atom stereocenters. The van der Waals surface area contributed by atoms with E-state index in [2.05, 4.69) is 15.4 Å². The number of halogens is 2. The Balaban J connectivity index is 1.76. The van der Waals surface area contributed by atoms with E-state index >= 15 is 0 Å². The van der Waals surface area contributed by atoms with Gasteiger partial charge in [-0.15, -0.1) is 0 Å². The Morgan fingerprint density at radius 2 is 1.58 bits per heavy atom. The van der Waals surface area contributed by atoms with E-state index in [1.807, 2.05) is 0 Å². The predicted molar refractivity (Wildman–Crippen MR) is 123 cm³/mol. The van der Waals surface area contributed by atoms with Crippen LogP contribution in [0.3, 0.4) is 0 Å². The molecule has 0 saturated carbocycles. The highest BCUT2D eigenvalue weighted by Gasteiger charge is 2.13. The fraction of sp³-hybridized carbons (Fsp3) is 0.120. The molecule has 0 aliphatic heterocycles. The lowest BCUT2D eigenvalue weighted by molar-refractivity contribution is -0.114. The molecule has 3 aromatic carbocycles. The fourth-order valence-electron chi connectivity index (χ4n) is 3.04. The number of alkyl halides is 2. The molecule has 0 aliphatic rings. The lowest BCUT2D eigenvalue weighted by Crippen LogP contribution is -2.09. The molecule has 3 aromatic rings. The summed E-state index contributed by atoms with van der Waals surface area (Å²) < 4.78 is 35.5. The Labute approximate surface area is 189 Å². The second-order valence-electron chi connectivity index (χ2n) is 6.94. The van der Waals surface area contributed by atoms with Crippen LogP contribution >= 0.6 is 0 Å². The van der Waals surface area contributed by atoms with Gasteiger partial charge in [-0.05, 0) is 59.7 Å². The maximum Gasteiger partial charge on any atom is 0.387 e. The third kappa shape index (κ3) is 6.90. The molecular formula is C25H22F2N2O4. The zero-order chi connectivity index (χ0) is 23.8. The van der Waals surface area contributed by atoms with E-state index in [0.29, 0.717) is 28.3 Å². The van der Waals surface area contributed by atoms with Crippen molar-refractivity contribution in [3.8, 4) is 22.6 Å². The molecule has 0 bridgehead atoms. The summed E-state index contributed by atoms with van der Waals surface area (Å²) >= 11 is 0. The molecule has 33 heavy (non-hydrogen) atoms. The van der Waals surface area contributed by atoms with Gasteiger partial charge in [0.05, 0.1) is 7.11 Å². The monoisotopic (exact) mass is 452 g/mol. The van der Waals surface area contributed by atoms with Crippen LogP contribution in [-0.2, 0) is 9.59 Å². The summed E-state index contributed by atoms with van der Waals surface area (Å²) in [6.45, 7) is -1.56. The molecule has 0 spiro atoms. The standard InChI is InChI=1S/C25H22F2N2O4/c1-16(30)28-19-8-3-17(4-9-19)5-14-24(31)29-20-10-13-23(33-25(26)27)22(15-20)18-6-11-21(32-2)12-7-18/h3-15,25H,1-2H3,(H,28,30)(H,29,31). The third-order valence-corrected chi connectivity index (χ3v) is 4.52. The second-order valence-corrected chi connectivity index (χ2v) is 6.94. The normalized spacial score (nSPS) is 10.8. The number of nitrogens with one attached hydrogen (secondary N) is 2. The molecule has 6 nitrogen and oxygen atoms in total.